The van der Waals surface area contributed by atoms with E-state index in [9.17, 15) is 9.59 Å². The molecule has 0 fully saturated rings. The molecule has 2 aliphatic rings. The molecule has 4 rings (SSSR count). The van der Waals surface area contributed by atoms with Crippen molar-refractivity contribution in [1.29, 1.82) is 0 Å². The van der Waals surface area contributed by atoms with Crippen molar-refractivity contribution in [2.45, 2.75) is 25.9 Å². The summed E-state index contributed by atoms with van der Waals surface area (Å²) in [6, 6.07) is 11.3. The summed E-state index contributed by atoms with van der Waals surface area (Å²) in [4.78, 5) is 28.5. The molecule has 0 spiro atoms. The molecule has 2 amide bonds. The van der Waals surface area contributed by atoms with Gasteiger partial charge in [-0.05, 0) is 46.5 Å². The molecule has 28 heavy (non-hydrogen) atoms. The van der Waals surface area contributed by atoms with Gasteiger partial charge >= 0.3 is 0 Å². The van der Waals surface area contributed by atoms with Crippen LogP contribution in [0, 0.1) is 0 Å². The van der Waals surface area contributed by atoms with Crippen molar-refractivity contribution in [1.82, 2.24) is 9.80 Å². The van der Waals surface area contributed by atoms with Crippen LogP contribution < -0.4 is 0 Å². The summed E-state index contributed by atoms with van der Waals surface area (Å²) < 4.78 is 1.93. The van der Waals surface area contributed by atoms with Crippen LogP contribution in [0.3, 0.4) is 0 Å². The van der Waals surface area contributed by atoms with Gasteiger partial charge in [0.05, 0.1) is 12.1 Å². The van der Waals surface area contributed by atoms with Gasteiger partial charge in [-0.25, -0.2) is 0 Å². The zero-order valence-electron chi connectivity index (χ0n) is 15.4. The topological polar surface area (TPSA) is 40.6 Å². The predicted molar refractivity (Wildman–Crippen MR) is 117 cm³/mol. The van der Waals surface area contributed by atoms with Crippen LogP contribution in [0.4, 0.5) is 0 Å². The molecule has 0 saturated carbocycles. The molecule has 0 unspecified atom stereocenters. The van der Waals surface area contributed by atoms with Crippen molar-refractivity contribution in [2.24, 2.45) is 0 Å². The van der Waals surface area contributed by atoms with Gasteiger partial charge in [0.15, 0.2) is 0 Å². The quantitative estimate of drug-likeness (QED) is 0.505. The number of hydrogen-bond acceptors (Lipinski definition) is 2. The summed E-state index contributed by atoms with van der Waals surface area (Å²) in [5.74, 6) is -0.136. The number of benzene rings is 2. The molecular formula is C22H18Br2N2O2. The zero-order valence-corrected chi connectivity index (χ0v) is 18.6. The Labute approximate surface area is 180 Å². The van der Waals surface area contributed by atoms with Crippen LogP contribution in [-0.2, 0) is 9.59 Å². The molecule has 2 aliphatic heterocycles. The fraction of sp³-hybridized carbons (Fsp3) is 0.182. The third kappa shape index (κ3) is 3.05. The normalized spacial score (nSPS) is 20.0. The monoisotopic (exact) mass is 500 g/mol. The maximum atomic E-state index is 12.5. The van der Waals surface area contributed by atoms with Crippen molar-refractivity contribution in [3.63, 3.8) is 0 Å². The van der Waals surface area contributed by atoms with Crippen molar-refractivity contribution in [3.05, 3.63) is 80.0 Å². The second-order valence-electron chi connectivity index (χ2n) is 6.86. The summed E-state index contributed by atoms with van der Waals surface area (Å²) in [6.45, 7) is 3.11. The number of rotatable bonds is 1. The Morgan fingerprint density at radius 2 is 1.14 bits per heavy atom. The van der Waals surface area contributed by atoms with Crippen molar-refractivity contribution in [2.75, 3.05) is 0 Å². The highest BCUT2D eigenvalue weighted by molar-refractivity contribution is 9.10. The van der Waals surface area contributed by atoms with Gasteiger partial charge in [0.2, 0.25) is 11.8 Å². The third-order valence-corrected chi connectivity index (χ3v) is 6.62. The van der Waals surface area contributed by atoms with Gasteiger partial charge in [-0.2, -0.15) is 0 Å². The Hall–Kier alpha value is -2.18. The number of hydrogen-bond donors (Lipinski definition) is 0. The van der Waals surface area contributed by atoms with Gasteiger partial charge in [-0.15, -0.1) is 0 Å². The largest absolute Gasteiger partial charge is 0.309 e. The van der Waals surface area contributed by atoms with Crippen molar-refractivity contribution >= 4 is 55.8 Å². The summed E-state index contributed by atoms with van der Waals surface area (Å²) in [7, 11) is 0. The fourth-order valence-electron chi connectivity index (χ4n) is 4.02. The van der Waals surface area contributed by atoms with Crippen LogP contribution in [0.1, 0.15) is 48.2 Å². The number of halogens is 2. The van der Waals surface area contributed by atoms with E-state index >= 15 is 0 Å². The minimum absolute atomic E-state index is 0.0681. The van der Waals surface area contributed by atoms with Gasteiger partial charge < -0.3 is 9.80 Å². The van der Waals surface area contributed by atoms with E-state index in [-0.39, 0.29) is 23.9 Å². The first-order chi connectivity index (χ1) is 13.4. The minimum Gasteiger partial charge on any atom is -0.309 e. The number of carbonyl (C=O) groups is 2. The molecule has 2 aromatic rings. The van der Waals surface area contributed by atoms with E-state index in [0.717, 1.165) is 31.2 Å². The maximum absolute atomic E-state index is 12.5. The highest BCUT2D eigenvalue weighted by atomic mass is 79.9. The minimum atomic E-state index is -0.336. The van der Waals surface area contributed by atoms with E-state index in [1.165, 1.54) is 0 Å². The van der Waals surface area contributed by atoms with Crippen LogP contribution in [0.25, 0.3) is 12.2 Å². The molecule has 0 radical (unpaired) electrons. The SMILES string of the molecule is CC(=O)N1C=Cc2c(Br)cccc2[C@H]1[C@@H]1c2cccc(Br)c2C=CN1C(C)=O. The van der Waals surface area contributed by atoms with Gasteiger partial charge in [0.25, 0.3) is 0 Å². The first-order valence-electron chi connectivity index (χ1n) is 8.91. The van der Waals surface area contributed by atoms with Crippen molar-refractivity contribution in [3.8, 4) is 0 Å². The molecule has 142 valence electrons. The van der Waals surface area contributed by atoms with Crippen molar-refractivity contribution < 1.29 is 9.59 Å². The van der Waals surface area contributed by atoms with Crippen LogP contribution in [0.15, 0.2) is 57.7 Å². The first kappa shape index (κ1) is 19.2. The average molecular weight is 502 g/mol. The lowest BCUT2D eigenvalue weighted by atomic mass is 9.83. The molecule has 0 aliphatic carbocycles. The molecular weight excluding hydrogens is 484 g/mol. The summed E-state index contributed by atoms with van der Waals surface area (Å²) in [5.41, 5.74) is 4.06. The van der Waals surface area contributed by atoms with E-state index in [1.807, 2.05) is 61.0 Å². The Bertz CT molecular complexity index is 961. The van der Waals surface area contributed by atoms with E-state index in [0.29, 0.717) is 0 Å². The maximum Gasteiger partial charge on any atom is 0.224 e. The number of carbonyl (C=O) groups excluding carboxylic acids is 2. The molecule has 4 nitrogen and oxygen atoms in total. The summed E-state index contributed by atoms with van der Waals surface area (Å²) in [6.07, 6.45) is 7.51. The Kier molecular flexibility index (Phi) is 5.02. The smallest absolute Gasteiger partial charge is 0.224 e. The standard InChI is InChI=1S/C22H18Br2N2O2/c1-13(27)25-11-9-15-17(5-3-7-19(15)23)21(25)22-18-6-4-8-20(24)16(18)10-12-26(22)14(2)28/h3-12,21-22H,1-2H3/t21-,22-/m0/s1. The first-order valence-corrected chi connectivity index (χ1v) is 10.5. The molecule has 2 atom stereocenters. The van der Waals surface area contributed by atoms with Gasteiger partial charge in [-0.3, -0.25) is 9.59 Å². The Morgan fingerprint density at radius 3 is 1.50 bits per heavy atom. The second-order valence-corrected chi connectivity index (χ2v) is 8.57. The average Bonchev–Trinajstić information content (AvgIpc) is 2.67. The Morgan fingerprint density at radius 1 is 0.750 bits per heavy atom. The van der Waals surface area contributed by atoms with E-state index in [2.05, 4.69) is 31.9 Å². The van der Waals surface area contributed by atoms with Crippen LogP contribution in [0.5, 0.6) is 0 Å². The van der Waals surface area contributed by atoms with Crippen LogP contribution >= 0.6 is 31.9 Å². The number of amides is 2. The Balaban J connectivity index is 1.98. The molecule has 2 heterocycles. The van der Waals surface area contributed by atoms with E-state index in [1.54, 1.807) is 23.6 Å². The second kappa shape index (κ2) is 7.33. The van der Waals surface area contributed by atoms with E-state index in [4.69, 9.17) is 0 Å². The highest BCUT2D eigenvalue weighted by Crippen LogP contribution is 2.47. The molecule has 0 saturated heterocycles. The van der Waals surface area contributed by atoms with Crippen LogP contribution in [-0.4, -0.2) is 21.6 Å². The summed E-state index contributed by atoms with van der Waals surface area (Å²) >= 11 is 7.24. The molecule has 6 heteroatoms. The fourth-order valence-corrected chi connectivity index (χ4v) is 5.04. The van der Waals surface area contributed by atoms with Crippen LogP contribution in [0.2, 0.25) is 0 Å². The van der Waals surface area contributed by atoms with Gasteiger partial charge in [-0.1, -0.05) is 56.1 Å². The predicted octanol–water partition coefficient (Wildman–Crippen LogP) is 5.66. The number of fused-ring (bicyclic) bond motifs is 2. The van der Waals surface area contributed by atoms with E-state index < -0.39 is 0 Å². The lowest BCUT2D eigenvalue weighted by Gasteiger charge is -2.44. The summed E-state index contributed by atoms with van der Waals surface area (Å²) in [5, 5.41) is 0. The zero-order chi connectivity index (χ0) is 20.0. The molecule has 0 aromatic heterocycles. The highest BCUT2D eigenvalue weighted by Gasteiger charge is 2.40. The molecule has 2 aromatic carbocycles. The third-order valence-electron chi connectivity index (χ3n) is 5.24. The number of nitrogens with zero attached hydrogens (tertiary/aromatic N) is 2. The lowest BCUT2D eigenvalue weighted by molar-refractivity contribution is -0.134. The molecule has 0 bridgehead atoms. The van der Waals surface area contributed by atoms with Gasteiger partial charge in [0, 0.05) is 35.2 Å². The molecule has 0 N–H and O–H groups in total. The lowest BCUT2D eigenvalue weighted by Crippen LogP contribution is -2.43. The van der Waals surface area contributed by atoms with Gasteiger partial charge in [0.1, 0.15) is 0 Å².